The van der Waals surface area contributed by atoms with E-state index in [9.17, 15) is 9.59 Å². The van der Waals surface area contributed by atoms with Gasteiger partial charge in [0.2, 0.25) is 0 Å². The Morgan fingerprint density at radius 1 is 1.36 bits per heavy atom. The van der Waals surface area contributed by atoms with E-state index in [1.165, 1.54) is 0 Å². The Bertz CT molecular complexity index is 717. The van der Waals surface area contributed by atoms with Gasteiger partial charge in [-0.2, -0.15) is 0 Å². The maximum atomic E-state index is 12.5. The highest BCUT2D eigenvalue weighted by molar-refractivity contribution is 5.77. The number of fused-ring (bicyclic) bond motifs is 1. The van der Waals surface area contributed by atoms with Gasteiger partial charge in [0.25, 0.3) is 0 Å². The smallest absolute Gasteiger partial charge is 0.317 e. The van der Waals surface area contributed by atoms with Crippen LogP contribution in [0.15, 0.2) is 24.3 Å². The van der Waals surface area contributed by atoms with Crippen LogP contribution in [0, 0.1) is 5.92 Å². The number of aromatic nitrogens is 2. The van der Waals surface area contributed by atoms with Gasteiger partial charge in [0.05, 0.1) is 29.6 Å². The fourth-order valence-electron chi connectivity index (χ4n) is 3.10. The standard InChI is InChI=1S/C18H24N4O3/c1-3-25-17(23)13-8-10-22(11-9-13)18(24)19-12(2)16-20-14-6-4-5-7-15(14)21-16/h4-7,12-13H,3,8-11H2,1-2H3,(H,19,24)(H,20,21)/t12-/m0/s1. The molecule has 25 heavy (non-hydrogen) atoms. The van der Waals surface area contributed by atoms with Crippen LogP contribution in [0.5, 0.6) is 0 Å². The van der Waals surface area contributed by atoms with E-state index >= 15 is 0 Å². The van der Waals surface area contributed by atoms with Crippen molar-refractivity contribution in [3.63, 3.8) is 0 Å². The fourth-order valence-corrected chi connectivity index (χ4v) is 3.10. The second-order valence-corrected chi connectivity index (χ2v) is 6.32. The van der Waals surface area contributed by atoms with E-state index in [2.05, 4.69) is 15.3 Å². The zero-order valence-corrected chi connectivity index (χ0v) is 14.6. The quantitative estimate of drug-likeness (QED) is 0.835. The summed E-state index contributed by atoms with van der Waals surface area (Å²) in [7, 11) is 0. The molecular weight excluding hydrogens is 320 g/mol. The van der Waals surface area contributed by atoms with Gasteiger partial charge in [0, 0.05) is 13.1 Å². The summed E-state index contributed by atoms with van der Waals surface area (Å²) < 4.78 is 5.06. The van der Waals surface area contributed by atoms with Gasteiger partial charge >= 0.3 is 12.0 Å². The number of carbonyl (C=O) groups excluding carboxylic acids is 2. The van der Waals surface area contributed by atoms with Crippen molar-refractivity contribution in [3.8, 4) is 0 Å². The number of rotatable bonds is 4. The van der Waals surface area contributed by atoms with E-state index in [1.807, 2.05) is 31.2 Å². The highest BCUT2D eigenvalue weighted by Crippen LogP contribution is 2.20. The second-order valence-electron chi connectivity index (χ2n) is 6.32. The average Bonchev–Trinajstić information content (AvgIpc) is 3.06. The molecule has 2 N–H and O–H groups in total. The maximum absolute atomic E-state index is 12.5. The molecule has 0 spiro atoms. The Hall–Kier alpha value is -2.57. The minimum atomic E-state index is -0.220. The van der Waals surface area contributed by atoms with Crippen LogP contribution in [0.4, 0.5) is 4.79 Å². The zero-order valence-electron chi connectivity index (χ0n) is 14.6. The average molecular weight is 344 g/mol. The van der Waals surface area contributed by atoms with Crippen LogP contribution in [0.25, 0.3) is 11.0 Å². The SMILES string of the molecule is CCOC(=O)C1CCN(C(=O)N[C@@H](C)c2nc3ccccc3[nH]2)CC1. The Morgan fingerprint density at radius 2 is 2.08 bits per heavy atom. The van der Waals surface area contributed by atoms with Crippen molar-refractivity contribution in [2.24, 2.45) is 5.92 Å². The number of nitrogens with zero attached hydrogens (tertiary/aromatic N) is 2. The predicted molar refractivity (Wildman–Crippen MR) is 94.0 cm³/mol. The first-order valence-electron chi connectivity index (χ1n) is 8.75. The van der Waals surface area contributed by atoms with E-state index < -0.39 is 0 Å². The third kappa shape index (κ3) is 3.92. The molecule has 0 unspecified atom stereocenters. The number of likely N-dealkylation sites (tertiary alicyclic amines) is 1. The van der Waals surface area contributed by atoms with Gasteiger partial charge in [-0.15, -0.1) is 0 Å². The number of hydrogen-bond acceptors (Lipinski definition) is 4. The van der Waals surface area contributed by atoms with Gasteiger partial charge in [0.15, 0.2) is 0 Å². The first-order chi connectivity index (χ1) is 12.1. The number of benzene rings is 1. The van der Waals surface area contributed by atoms with Crippen LogP contribution in [0.3, 0.4) is 0 Å². The van der Waals surface area contributed by atoms with Crippen molar-refractivity contribution in [1.29, 1.82) is 0 Å². The first kappa shape index (κ1) is 17.3. The highest BCUT2D eigenvalue weighted by Gasteiger charge is 2.28. The van der Waals surface area contributed by atoms with Gasteiger partial charge in [-0.05, 0) is 38.8 Å². The van der Waals surface area contributed by atoms with Gasteiger partial charge in [-0.3, -0.25) is 4.79 Å². The van der Waals surface area contributed by atoms with Crippen molar-refractivity contribution in [2.75, 3.05) is 19.7 Å². The van der Waals surface area contributed by atoms with Crippen molar-refractivity contribution in [3.05, 3.63) is 30.1 Å². The maximum Gasteiger partial charge on any atom is 0.317 e. The summed E-state index contributed by atoms with van der Waals surface area (Å²) >= 11 is 0. The lowest BCUT2D eigenvalue weighted by Crippen LogP contribution is -2.46. The molecule has 1 fully saturated rings. The van der Waals surface area contributed by atoms with Gasteiger partial charge in [-0.1, -0.05) is 12.1 Å². The Morgan fingerprint density at radius 3 is 2.76 bits per heavy atom. The van der Waals surface area contributed by atoms with E-state index in [0.717, 1.165) is 16.9 Å². The van der Waals surface area contributed by atoms with Crippen LogP contribution >= 0.6 is 0 Å². The molecule has 0 aliphatic carbocycles. The summed E-state index contributed by atoms with van der Waals surface area (Å²) in [5.74, 6) is 0.478. The third-order valence-electron chi connectivity index (χ3n) is 4.56. The number of carbonyl (C=O) groups is 2. The van der Waals surface area contributed by atoms with Crippen LogP contribution in [-0.2, 0) is 9.53 Å². The van der Waals surface area contributed by atoms with Gasteiger partial charge in [-0.25, -0.2) is 9.78 Å². The molecule has 2 amide bonds. The Kier molecular flexibility index (Phi) is 5.21. The molecule has 1 saturated heterocycles. The largest absolute Gasteiger partial charge is 0.466 e. The number of imidazole rings is 1. The molecule has 1 aliphatic heterocycles. The summed E-state index contributed by atoms with van der Waals surface area (Å²) in [6.07, 6.45) is 1.29. The monoisotopic (exact) mass is 344 g/mol. The molecule has 7 heteroatoms. The van der Waals surface area contributed by atoms with Gasteiger partial charge < -0.3 is 19.9 Å². The number of piperidine rings is 1. The van der Waals surface area contributed by atoms with Crippen molar-refractivity contribution >= 4 is 23.0 Å². The second kappa shape index (κ2) is 7.55. The summed E-state index contributed by atoms with van der Waals surface area (Å²) in [6, 6.07) is 7.42. The molecule has 0 saturated carbocycles. The Labute approximate surface area is 146 Å². The summed E-state index contributed by atoms with van der Waals surface area (Å²) in [6.45, 7) is 5.22. The lowest BCUT2D eigenvalue weighted by atomic mass is 9.97. The predicted octanol–water partition coefficient (Wildman–Crippen LogP) is 2.61. The summed E-state index contributed by atoms with van der Waals surface area (Å²) in [5, 5.41) is 2.97. The molecule has 1 aromatic heterocycles. The number of urea groups is 1. The number of amides is 2. The molecule has 1 aliphatic rings. The number of esters is 1. The van der Waals surface area contributed by atoms with Crippen LogP contribution in [-0.4, -0.2) is 46.6 Å². The van der Waals surface area contributed by atoms with Crippen molar-refractivity contribution in [1.82, 2.24) is 20.2 Å². The number of ether oxygens (including phenoxy) is 1. The normalized spacial score (nSPS) is 16.6. The van der Waals surface area contributed by atoms with Gasteiger partial charge in [0.1, 0.15) is 5.82 Å². The van der Waals surface area contributed by atoms with E-state index in [-0.39, 0.29) is 24.0 Å². The lowest BCUT2D eigenvalue weighted by molar-refractivity contribution is -0.149. The van der Waals surface area contributed by atoms with E-state index in [0.29, 0.717) is 32.5 Å². The number of H-pyrrole nitrogens is 1. The molecule has 0 radical (unpaired) electrons. The molecule has 0 bridgehead atoms. The van der Waals surface area contributed by atoms with Crippen LogP contribution < -0.4 is 5.32 Å². The van der Waals surface area contributed by atoms with E-state index in [4.69, 9.17) is 4.74 Å². The molecule has 3 rings (SSSR count). The van der Waals surface area contributed by atoms with Crippen molar-refractivity contribution in [2.45, 2.75) is 32.7 Å². The zero-order chi connectivity index (χ0) is 17.8. The third-order valence-corrected chi connectivity index (χ3v) is 4.56. The van der Waals surface area contributed by atoms with Crippen LogP contribution in [0.1, 0.15) is 38.6 Å². The van der Waals surface area contributed by atoms with Crippen LogP contribution in [0.2, 0.25) is 0 Å². The molecular formula is C18H24N4O3. The molecule has 134 valence electrons. The summed E-state index contributed by atoms with van der Waals surface area (Å²) in [5.41, 5.74) is 1.84. The number of nitrogens with one attached hydrogen (secondary N) is 2. The lowest BCUT2D eigenvalue weighted by Gasteiger charge is -2.31. The molecule has 1 aromatic carbocycles. The minimum absolute atomic E-state index is 0.100. The molecule has 2 heterocycles. The first-order valence-corrected chi connectivity index (χ1v) is 8.75. The highest BCUT2D eigenvalue weighted by atomic mass is 16.5. The summed E-state index contributed by atoms with van der Waals surface area (Å²) in [4.78, 5) is 33.7. The number of para-hydroxylation sites is 2. The molecule has 1 atom stereocenters. The molecule has 7 nitrogen and oxygen atoms in total. The number of hydrogen-bond donors (Lipinski definition) is 2. The Balaban J connectivity index is 1.54. The van der Waals surface area contributed by atoms with E-state index in [1.54, 1.807) is 11.8 Å². The minimum Gasteiger partial charge on any atom is -0.466 e. The fraction of sp³-hybridized carbons (Fsp3) is 0.500. The molecule has 2 aromatic rings. The van der Waals surface area contributed by atoms with Crippen molar-refractivity contribution < 1.29 is 14.3 Å². The topological polar surface area (TPSA) is 87.3 Å². The number of aromatic amines is 1.